The topological polar surface area (TPSA) is 238 Å². The Labute approximate surface area is 280 Å². The third kappa shape index (κ3) is 8.65. The van der Waals surface area contributed by atoms with Crippen LogP contribution in [0.1, 0.15) is 29.9 Å². The smallest absolute Gasteiger partial charge is 0.394 e. The zero-order chi connectivity index (χ0) is 36.1. The van der Waals surface area contributed by atoms with Crippen molar-refractivity contribution in [2.75, 3.05) is 12.4 Å². The van der Waals surface area contributed by atoms with E-state index in [2.05, 4.69) is 15.3 Å². The van der Waals surface area contributed by atoms with Gasteiger partial charge in [-0.1, -0.05) is 25.1 Å². The molecule has 2 atom stereocenters. The van der Waals surface area contributed by atoms with Gasteiger partial charge in [0, 0.05) is 30.1 Å². The number of hydrogen-bond acceptors (Lipinski definition) is 10. The molecule has 17 heteroatoms. The monoisotopic (exact) mass is 694 g/mol. The predicted molar refractivity (Wildman–Crippen MR) is 179 cm³/mol. The number of methoxy groups -OCH3 is 1. The molecule has 3 aromatic heterocycles. The summed E-state index contributed by atoms with van der Waals surface area (Å²) >= 11 is 0. The van der Waals surface area contributed by atoms with Crippen molar-refractivity contribution in [2.24, 2.45) is 11.7 Å². The van der Waals surface area contributed by atoms with Crippen molar-refractivity contribution in [1.82, 2.24) is 19.3 Å². The number of carboxylic acids is 1. The quantitative estimate of drug-likeness (QED) is 0.131. The Hall–Kier alpha value is -5.62. The molecular formula is C32H34N6O10S. The standard InChI is InChI=1S/C32H32N6O6.H2O4S/c1-19(32(3,33)31(41)42)18-37-20(2)28(30(40)38(37)21-8-6-5-7-9-21)29(39)36-27-13-11-23(17-35-27)44-26-14-15-34-25-16-22(43-4)10-12-24(25)26;1-5(2,3)4/h5-17,19H,18,33H2,1-4H3,(H,41,42)(H,35,36,39);(H2,1,2,3,4)/t19-,32+;/m1./s1. The lowest BCUT2D eigenvalue weighted by atomic mass is 9.88. The Kier molecular flexibility index (Phi) is 10.8. The van der Waals surface area contributed by atoms with Gasteiger partial charge in [-0.25, -0.2) is 9.67 Å². The van der Waals surface area contributed by atoms with Gasteiger partial charge in [0.25, 0.3) is 11.5 Å². The van der Waals surface area contributed by atoms with Crippen LogP contribution in [-0.2, 0) is 21.7 Å². The number of amides is 1. The van der Waals surface area contributed by atoms with E-state index >= 15 is 0 Å². The number of nitrogens with two attached hydrogens (primary N) is 1. The van der Waals surface area contributed by atoms with Crippen LogP contribution < -0.4 is 26.1 Å². The molecule has 258 valence electrons. The highest BCUT2D eigenvalue weighted by molar-refractivity contribution is 7.79. The molecule has 0 fully saturated rings. The van der Waals surface area contributed by atoms with Crippen LogP contribution in [0.4, 0.5) is 5.82 Å². The minimum atomic E-state index is -4.67. The zero-order valence-electron chi connectivity index (χ0n) is 26.8. The van der Waals surface area contributed by atoms with Gasteiger partial charge in [-0.3, -0.25) is 33.2 Å². The maximum atomic E-state index is 13.7. The Morgan fingerprint density at radius 3 is 2.29 bits per heavy atom. The van der Waals surface area contributed by atoms with Gasteiger partial charge in [0.1, 0.15) is 34.2 Å². The van der Waals surface area contributed by atoms with Crippen molar-refractivity contribution in [3.63, 3.8) is 0 Å². The Morgan fingerprint density at radius 1 is 1.04 bits per heavy atom. The number of carbonyl (C=O) groups is 2. The van der Waals surface area contributed by atoms with Crippen LogP contribution in [0.3, 0.4) is 0 Å². The first-order chi connectivity index (χ1) is 23.0. The van der Waals surface area contributed by atoms with Gasteiger partial charge in [0.2, 0.25) is 0 Å². The van der Waals surface area contributed by atoms with E-state index in [1.807, 2.05) is 18.2 Å². The molecular weight excluding hydrogens is 660 g/mol. The van der Waals surface area contributed by atoms with Gasteiger partial charge in [0.15, 0.2) is 0 Å². The van der Waals surface area contributed by atoms with Crippen molar-refractivity contribution in [1.29, 1.82) is 0 Å². The SMILES string of the molecule is COc1ccc2c(Oc3ccc(NC(=O)c4c(C)n(C[C@@H](C)[C@](C)(N)C(=O)O)n(-c5ccccc5)c4=O)nc3)ccnc2c1.O=S(=O)(O)O. The summed E-state index contributed by atoms with van der Waals surface area (Å²) in [6, 6.07) is 19.2. The van der Waals surface area contributed by atoms with E-state index in [0.717, 1.165) is 5.39 Å². The van der Waals surface area contributed by atoms with E-state index in [1.165, 1.54) is 17.8 Å². The summed E-state index contributed by atoms with van der Waals surface area (Å²) in [5, 5.41) is 13.1. The maximum Gasteiger partial charge on any atom is 0.394 e. The fourth-order valence-corrected chi connectivity index (χ4v) is 4.75. The Bertz CT molecular complexity index is 2140. The van der Waals surface area contributed by atoms with E-state index in [1.54, 1.807) is 80.4 Å². The Balaban J connectivity index is 0.00000101. The first kappa shape index (κ1) is 36.2. The number of benzene rings is 2. The second-order valence-corrected chi connectivity index (χ2v) is 12.0. The summed E-state index contributed by atoms with van der Waals surface area (Å²) < 4.78 is 45.8. The maximum absolute atomic E-state index is 13.7. The molecule has 0 saturated carbocycles. The molecule has 0 spiro atoms. The number of rotatable bonds is 10. The molecule has 0 unspecified atom stereocenters. The van der Waals surface area contributed by atoms with E-state index in [-0.39, 0.29) is 17.9 Å². The first-order valence-corrected chi connectivity index (χ1v) is 15.9. The largest absolute Gasteiger partial charge is 0.497 e. The summed E-state index contributed by atoms with van der Waals surface area (Å²) in [7, 11) is -3.08. The summed E-state index contributed by atoms with van der Waals surface area (Å²) in [5.74, 6) is -0.538. The number of ether oxygens (including phenoxy) is 2. The molecule has 1 amide bonds. The van der Waals surface area contributed by atoms with E-state index in [9.17, 15) is 19.5 Å². The van der Waals surface area contributed by atoms with Gasteiger partial charge < -0.3 is 25.6 Å². The molecule has 5 aromatic rings. The fraction of sp³-hybridized carbons (Fsp3) is 0.219. The van der Waals surface area contributed by atoms with Crippen molar-refractivity contribution >= 4 is 39.0 Å². The van der Waals surface area contributed by atoms with E-state index in [0.29, 0.717) is 34.1 Å². The van der Waals surface area contributed by atoms with Crippen molar-refractivity contribution in [2.45, 2.75) is 32.9 Å². The summed E-state index contributed by atoms with van der Waals surface area (Å²) in [6.07, 6.45) is 3.09. The predicted octanol–water partition coefficient (Wildman–Crippen LogP) is 3.73. The molecule has 16 nitrogen and oxygen atoms in total. The van der Waals surface area contributed by atoms with Gasteiger partial charge in [-0.2, -0.15) is 8.42 Å². The average Bonchev–Trinajstić information content (AvgIpc) is 3.29. The summed E-state index contributed by atoms with van der Waals surface area (Å²) in [4.78, 5) is 47.6. The van der Waals surface area contributed by atoms with Gasteiger partial charge in [0.05, 0.1) is 30.2 Å². The molecule has 0 saturated heterocycles. The molecule has 0 aliphatic heterocycles. The van der Waals surface area contributed by atoms with E-state index < -0.39 is 39.3 Å². The number of aromatic nitrogens is 4. The van der Waals surface area contributed by atoms with Gasteiger partial charge >= 0.3 is 16.4 Å². The second kappa shape index (κ2) is 14.7. The van der Waals surface area contributed by atoms with Crippen LogP contribution in [0, 0.1) is 12.8 Å². The number of nitrogens with one attached hydrogen (secondary N) is 1. The van der Waals surface area contributed by atoms with Crippen LogP contribution in [0.15, 0.2) is 83.9 Å². The number of pyridine rings is 2. The van der Waals surface area contributed by atoms with Crippen LogP contribution in [0.2, 0.25) is 0 Å². The summed E-state index contributed by atoms with van der Waals surface area (Å²) in [5.41, 5.74) is 5.43. The minimum Gasteiger partial charge on any atom is -0.497 e. The number of nitrogens with zero attached hydrogens (tertiary/aromatic N) is 4. The molecule has 0 radical (unpaired) electrons. The number of fused-ring (bicyclic) bond motifs is 1. The van der Waals surface area contributed by atoms with Crippen molar-refractivity contribution in [3.8, 4) is 22.9 Å². The molecule has 49 heavy (non-hydrogen) atoms. The zero-order valence-corrected chi connectivity index (χ0v) is 27.6. The molecule has 0 aliphatic rings. The van der Waals surface area contributed by atoms with Crippen molar-refractivity contribution < 1.29 is 41.7 Å². The molecule has 0 bridgehead atoms. The van der Waals surface area contributed by atoms with E-state index in [4.69, 9.17) is 32.7 Å². The first-order valence-electron chi connectivity index (χ1n) is 14.5. The number of hydrogen-bond donors (Lipinski definition) is 5. The third-order valence-electron chi connectivity index (χ3n) is 7.67. The number of aliphatic carboxylic acids is 1. The average molecular weight is 695 g/mol. The lowest BCUT2D eigenvalue weighted by molar-refractivity contribution is -0.144. The lowest BCUT2D eigenvalue weighted by Crippen LogP contribution is -2.52. The molecule has 0 aliphatic carbocycles. The number of anilines is 1. The number of carbonyl (C=O) groups excluding carboxylic acids is 1. The fourth-order valence-electron chi connectivity index (χ4n) is 4.75. The van der Waals surface area contributed by atoms with Gasteiger partial charge in [-0.15, -0.1) is 0 Å². The number of para-hydroxylation sites is 1. The Morgan fingerprint density at radius 2 is 1.69 bits per heavy atom. The van der Waals surface area contributed by atoms with Gasteiger partial charge in [-0.05, 0) is 56.3 Å². The highest BCUT2D eigenvalue weighted by Gasteiger charge is 2.36. The molecule has 2 aromatic carbocycles. The van der Waals surface area contributed by atoms with Crippen LogP contribution in [0.25, 0.3) is 16.6 Å². The molecule has 6 N–H and O–H groups in total. The minimum absolute atomic E-state index is 0.0727. The highest BCUT2D eigenvalue weighted by Crippen LogP contribution is 2.31. The number of carboxylic acid groups (broad SMARTS) is 1. The van der Waals surface area contributed by atoms with Crippen LogP contribution in [0.5, 0.6) is 17.2 Å². The molecule has 5 rings (SSSR count). The summed E-state index contributed by atoms with van der Waals surface area (Å²) in [6.45, 7) is 4.82. The molecule has 3 heterocycles. The van der Waals surface area contributed by atoms with Crippen LogP contribution >= 0.6 is 0 Å². The lowest BCUT2D eigenvalue weighted by Gasteiger charge is -2.28. The second-order valence-electron chi connectivity index (χ2n) is 11.1. The van der Waals surface area contributed by atoms with Crippen molar-refractivity contribution in [3.05, 3.63) is 101 Å². The normalized spacial score (nSPS) is 13.0. The highest BCUT2D eigenvalue weighted by atomic mass is 32.3. The third-order valence-corrected chi connectivity index (χ3v) is 7.67. The van der Waals surface area contributed by atoms with Crippen LogP contribution in [-0.4, -0.2) is 66.5 Å².